The number of hydrogen-bond acceptors (Lipinski definition) is 3. The number of carbonyl (C=O) groups excluding carboxylic acids is 1. The minimum Gasteiger partial charge on any atom is -0.375 e. The number of amides is 1. The molecule has 22 heavy (non-hydrogen) atoms. The second-order valence-corrected chi connectivity index (χ2v) is 5.79. The summed E-state index contributed by atoms with van der Waals surface area (Å²) in [5.41, 5.74) is 2.12. The number of nitrogens with zero attached hydrogens (tertiary/aromatic N) is 3. The minimum absolute atomic E-state index is 0.137. The first-order valence-corrected chi connectivity index (χ1v) is 8.02. The van der Waals surface area contributed by atoms with Crippen LogP contribution in [0.15, 0.2) is 24.3 Å². The molecule has 3 rings (SSSR count). The maximum absolute atomic E-state index is 12.4. The Balaban J connectivity index is 1.72. The minimum atomic E-state index is 0.137. The fraction of sp³-hybridized carbons (Fsp3) is 0.529. The van der Waals surface area contributed by atoms with Gasteiger partial charge in [-0.2, -0.15) is 0 Å². The van der Waals surface area contributed by atoms with Crippen LogP contribution in [0.4, 0.5) is 0 Å². The van der Waals surface area contributed by atoms with Crippen LogP contribution in [0.2, 0.25) is 0 Å². The molecule has 0 N–H and O–H groups in total. The molecule has 0 radical (unpaired) electrons. The van der Waals surface area contributed by atoms with E-state index >= 15 is 0 Å². The van der Waals surface area contributed by atoms with Gasteiger partial charge in [-0.05, 0) is 19.1 Å². The van der Waals surface area contributed by atoms with Crippen molar-refractivity contribution in [1.29, 1.82) is 0 Å². The van der Waals surface area contributed by atoms with Crippen LogP contribution >= 0.6 is 0 Å². The highest BCUT2D eigenvalue weighted by molar-refractivity contribution is 5.78. The predicted octanol–water partition coefficient (Wildman–Crippen LogP) is 2.24. The van der Waals surface area contributed by atoms with Gasteiger partial charge in [0.25, 0.3) is 0 Å². The molecule has 1 aromatic carbocycles. The number of para-hydroxylation sites is 2. The van der Waals surface area contributed by atoms with Gasteiger partial charge in [-0.1, -0.05) is 19.1 Å². The molecule has 1 atom stereocenters. The zero-order chi connectivity index (χ0) is 15.5. The summed E-state index contributed by atoms with van der Waals surface area (Å²) in [6, 6.07) is 8.12. The summed E-state index contributed by atoms with van der Waals surface area (Å²) < 4.78 is 7.67. The maximum atomic E-state index is 12.4. The van der Waals surface area contributed by atoms with Crippen LogP contribution in [0.5, 0.6) is 0 Å². The molecule has 5 nitrogen and oxygen atoms in total. The molecule has 1 aliphatic rings. The highest BCUT2D eigenvalue weighted by Gasteiger charge is 2.21. The van der Waals surface area contributed by atoms with Gasteiger partial charge in [0.15, 0.2) is 0 Å². The number of hydrogen-bond donors (Lipinski definition) is 0. The summed E-state index contributed by atoms with van der Waals surface area (Å²) in [6.07, 6.45) is 1.52. The SMILES string of the molecule is CCc1nc2ccccc2n1CCC(=O)N1CCO[C@@H](C)C1. The van der Waals surface area contributed by atoms with E-state index in [9.17, 15) is 4.79 Å². The number of imidazole rings is 1. The monoisotopic (exact) mass is 301 g/mol. The van der Waals surface area contributed by atoms with Gasteiger partial charge in [-0.15, -0.1) is 0 Å². The standard InChI is InChI=1S/C17H23N3O2/c1-3-16-18-14-6-4-5-7-15(14)20(16)9-8-17(21)19-10-11-22-13(2)12-19/h4-7,13H,3,8-12H2,1-2H3/t13-/m0/s1. The quantitative estimate of drug-likeness (QED) is 0.870. The molecular formula is C17H23N3O2. The summed E-state index contributed by atoms with van der Waals surface area (Å²) in [5, 5.41) is 0. The number of fused-ring (bicyclic) bond motifs is 1. The van der Waals surface area contributed by atoms with Crippen LogP contribution in [-0.2, 0) is 22.5 Å². The number of aryl methyl sites for hydroxylation is 2. The molecular weight excluding hydrogens is 278 g/mol. The fourth-order valence-corrected chi connectivity index (χ4v) is 3.06. The van der Waals surface area contributed by atoms with E-state index in [0.717, 1.165) is 23.3 Å². The number of rotatable bonds is 4. The van der Waals surface area contributed by atoms with E-state index in [1.165, 1.54) is 0 Å². The molecule has 5 heteroatoms. The summed E-state index contributed by atoms with van der Waals surface area (Å²) in [4.78, 5) is 19.0. The molecule has 0 spiro atoms. The molecule has 0 unspecified atom stereocenters. The number of carbonyl (C=O) groups is 1. The van der Waals surface area contributed by atoms with Gasteiger partial charge in [0.1, 0.15) is 5.82 Å². The average Bonchev–Trinajstić information content (AvgIpc) is 2.90. The van der Waals surface area contributed by atoms with E-state index in [4.69, 9.17) is 4.74 Å². The molecule has 1 amide bonds. The first-order valence-electron chi connectivity index (χ1n) is 8.02. The molecule has 1 saturated heterocycles. The molecule has 1 aliphatic heterocycles. The molecule has 0 saturated carbocycles. The summed E-state index contributed by atoms with van der Waals surface area (Å²) >= 11 is 0. The number of morpholine rings is 1. The van der Waals surface area contributed by atoms with Crippen LogP contribution in [-0.4, -0.2) is 46.2 Å². The van der Waals surface area contributed by atoms with Gasteiger partial charge in [0.2, 0.25) is 5.91 Å². The van der Waals surface area contributed by atoms with Gasteiger partial charge >= 0.3 is 0 Å². The fourth-order valence-electron chi connectivity index (χ4n) is 3.06. The van der Waals surface area contributed by atoms with Crippen LogP contribution in [0, 0.1) is 0 Å². The molecule has 0 aliphatic carbocycles. The smallest absolute Gasteiger partial charge is 0.224 e. The Morgan fingerprint density at radius 2 is 2.23 bits per heavy atom. The third-order valence-corrected chi connectivity index (χ3v) is 4.19. The van der Waals surface area contributed by atoms with Crippen molar-refractivity contribution in [2.24, 2.45) is 0 Å². The van der Waals surface area contributed by atoms with Crippen LogP contribution in [0.3, 0.4) is 0 Å². The Hall–Kier alpha value is -1.88. The van der Waals surface area contributed by atoms with Gasteiger partial charge in [-0.3, -0.25) is 4.79 Å². The van der Waals surface area contributed by atoms with E-state index in [-0.39, 0.29) is 12.0 Å². The Kier molecular flexibility index (Phi) is 4.43. The first kappa shape index (κ1) is 15.0. The highest BCUT2D eigenvalue weighted by Crippen LogP contribution is 2.17. The lowest BCUT2D eigenvalue weighted by molar-refractivity contribution is -0.138. The maximum Gasteiger partial charge on any atom is 0.224 e. The van der Waals surface area contributed by atoms with E-state index in [2.05, 4.69) is 22.5 Å². The van der Waals surface area contributed by atoms with Crippen LogP contribution in [0.1, 0.15) is 26.1 Å². The van der Waals surface area contributed by atoms with Crippen LogP contribution in [0.25, 0.3) is 11.0 Å². The van der Waals surface area contributed by atoms with Crippen molar-refractivity contribution in [2.75, 3.05) is 19.7 Å². The third-order valence-electron chi connectivity index (χ3n) is 4.19. The molecule has 118 valence electrons. The average molecular weight is 301 g/mol. The van der Waals surface area contributed by atoms with Crippen molar-refractivity contribution >= 4 is 16.9 Å². The molecule has 1 aromatic heterocycles. The normalized spacial score (nSPS) is 18.8. The van der Waals surface area contributed by atoms with Crippen LogP contribution < -0.4 is 0 Å². The van der Waals surface area contributed by atoms with E-state index in [0.29, 0.717) is 32.7 Å². The lowest BCUT2D eigenvalue weighted by Gasteiger charge is -2.31. The lowest BCUT2D eigenvalue weighted by atomic mass is 10.2. The molecule has 2 heterocycles. The van der Waals surface area contributed by atoms with Crippen molar-refractivity contribution in [3.8, 4) is 0 Å². The van der Waals surface area contributed by atoms with Gasteiger partial charge in [0.05, 0.1) is 23.7 Å². The Bertz CT molecular complexity index is 665. The Labute approximate surface area is 130 Å². The highest BCUT2D eigenvalue weighted by atomic mass is 16.5. The summed E-state index contributed by atoms with van der Waals surface area (Å²) in [5.74, 6) is 1.25. The number of aromatic nitrogens is 2. The van der Waals surface area contributed by atoms with Crippen molar-refractivity contribution in [3.63, 3.8) is 0 Å². The van der Waals surface area contributed by atoms with Gasteiger partial charge < -0.3 is 14.2 Å². The Morgan fingerprint density at radius 3 is 3.00 bits per heavy atom. The molecule has 1 fully saturated rings. The van der Waals surface area contributed by atoms with Crippen molar-refractivity contribution in [3.05, 3.63) is 30.1 Å². The summed E-state index contributed by atoms with van der Waals surface area (Å²) in [7, 11) is 0. The second-order valence-electron chi connectivity index (χ2n) is 5.79. The first-order chi connectivity index (χ1) is 10.7. The third kappa shape index (κ3) is 2.99. The predicted molar refractivity (Wildman–Crippen MR) is 85.7 cm³/mol. The van der Waals surface area contributed by atoms with E-state index in [1.807, 2.05) is 30.0 Å². The number of ether oxygens (including phenoxy) is 1. The van der Waals surface area contributed by atoms with E-state index < -0.39 is 0 Å². The zero-order valence-electron chi connectivity index (χ0n) is 13.3. The lowest BCUT2D eigenvalue weighted by Crippen LogP contribution is -2.44. The van der Waals surface area contributed by atoms with Gasteiger partial charge in [-0.25, -0.2) is 4.98 Å². The van der Waals surface area contributed by atoms with Crippen molar-refractivity contribution in [2.45, 2.75) is 39.3 Å². The molecule has 2 aromatic rings. The van der Waals surface area contributed by atoms with Gasteiger partial charge in [0, 0.05) is 32.5 Å². The molecule has 0 bridgehead atoms. The largest absolute Gasteiger partial charge is 0.375 e. The van der Waals surface area contributed by atoms with Crippen molar-refractivity contribution < 1.29 is 9.53 Å². The van der Waals surface area contributed by atoms with E-state index in [1.54, 1.807) is 0 Å². The topological polar surface area (TPSA) is 47.4 Å². The second kappa shape index (κ2) is 6.48. The zero-order valence-corrected chi connectivity index (χ0v) is 13.3. The van der Waals surface area contributed by atoms with Crippen molar-refractivity contribution in [1.82, 2.24) is 14.5 Å². The number of benzene rings is 1. The Morgan fingerprint density at radius 1 is 1.41 bits per heavy atom. The summed E-state index contributed by atoms with van der Waals surface area (Å²) in [6.45, 7) is 6.84.